The highest BCUT2D eigenvalue weighted by atomic mass is 14.5. The Labute approximate surface area is 282 Å². The summed E-state index contributed by atoms with van der Waals surface area (Å²) in [4.78, 5) is 0. The molecule has 0 spiro atoms. The maximum absolute atomic E-state index is 2.56. The molecule has 0 amide bonds. The molecular weight excluding hydrogens is 565 g/mol. The standard InChI is InChI=1S/C47H50/c1-32-25-26-47(32,28-27-45(2,3)46(4,5)37-16-12-17-37)38-18-11-15-35(30-38)33-13-10-14-34(29-33)36-23-24-43-41-21-7-6-19-39(41)40-20-8-9-22-42(40)44(43)31-36/h6-11,13-15,18-24,29-32,37H,12,16-17,25-28H2,1-5H3. The molecule has 0 heterocycles. The first-order valence-corrected chi connectivity index (χ1v) is 18.2. The first kappa shape index (κ1) is 30.4. The summed E-state index contributed by atoms with van der Waals surface area (Å²) >= 11 is 0. The van der Waals surface area contributed by atoms with Crippen molar-refractivity contribution in [2.45, 2.75) is 85.0 Å². The van der Waals surface area contributed by atoms with Crippen molar-refractivity contribution in [3.63, 3.8) is 0 Å². The Hall–Kier alpha value is -3.90. The van der Waals surface area contributed by atoms with Gasteiger partial charge in [-0.25, -0.2) is 0 Å². The summed E-state index contributed by atoms with van der Waals surface area (Å²) in [5.41, 5.74) is 7.78. The Morgan fingerprint density at radius 3 is 1.62 bits per heavy atom. The summed E-state index contributed by atoms with van der Waals surface area (Å²) in [6.45, 7) is 12.7. The third-order valence-electron chi connectivity index (χ3n) is 13.7. The lowest BCUT2D eigenvalue weighted by Crippen LogP contribution is -2.46. The molecule has 238 valence electrons. The fourth-order valence-corrected chi connectivity index (χ4v) is 9.24. The maximum atomic E-state index is 2.56. The van der Waals surface area contributed by atoms with Crippen LogP contribution in [0.5, 0.6) is 0 Å². The van der Waals surface area contributed by atoms with Crippen molar-refractivity contribution in [2.75, 3.05) is 0 Å². The van der Waals surface area contributed by atoms with Gasteiger partial charge in [-0.05, 0) is 139 Å². The van der Waals surface area contributed by atoms with Gasteiger partial charge in [0.05, 0.1) is 0 Å². The quantitative estimate of drug-likeness (QED) is 0.150. The molecule has 0 bridgehead atoms. The second kappa shape index (κ2) is 11.4. The minimum atomic E-state index is 0.294. The lowest BCUT2D eigenvalue weighted by Gasteiger charge is -2.54. The second-order valence-corrected chi connectivity index (χ2v) is 16.3. The fourth-order valence-electron chi connectivity index (χ4n) is 9.24. The average Bonchev–Trinajstić information content (AvgIpc) is 3.07. The molecule has 2 unspecified atom stereocenters. The number of fused-ring (bicyclic) bond motifs is 6. The number of benzene rings is 6. The smallest absolute Gasteiger partial charge is 0.00208 e. The van der Waals surface area contributed by atoms with Crippen molar-refractivity contribution in [3.8, 4) is 22.3 Å². The highest BCUT2D eigenvalue weighted by molar-refractivity contribution is 6.25. The van der Waals surface area contributed by atoms with E-state index in [0.29, 0.717) is 16.2 Å². The fraction of sp³-hybridized carbons (Fsp3) is 0.362. The molecule has 2 aliphatic carbocycles. The van der Waals surface area contributed by atoms with Gasteiger partial charge < -0.3 is 0 Å². The second-order valence-electron chi connectivity index (χ2n) is 16.3. The van der Waals surface area contributed by atoms with E-state index in [9.17, 15) is 0 Å². The normalized spacial score (nSPS) is 20.4. The minimum Gasteiger partial charge on any atom is -0.0617 e. The van der Waals surface area contributed by atoms with Crippen LogP contribution in [0, 0.1) is 22.7 Å². The number of rotatable bonds is 8. The van der Waals surface area contributed by atoms with Gasteiger partial charge in [-0.15, -0.1) is 0 Å². The van der Waals surface area contributed by atoms with Gasteiger partial charge in [0.15, 0.2) is 0 Å². The van der Waals surface area contributed by atoms with Gasteiger partial charge in [-0.1, -0.05) is 144 Å². The van der Waals surface area contributed by atoms with Gasteiger partial charge in [-0.2, -0.15) is 0 Å². The molecule has 0 radical (unpaired) electrons. The Morgan fingerprint density at radius 1 is 0.553 bits per heavy atom. The van der Waals surface area contributed by atoms with Gasteiger partial charge in [0.25, 0.3) is 0 Å². The van der Waals surface area contributed by atoms with Crippen molar-refractivity contribution in [1.29, 1.82) is 0 Å². The van der Waals surface area contributed by atoms with Crippen LogP contribution in [0.2, 0.25) is 0 Å². The van der Waals surface area contributed by atoms with E-state index in [1.54, 1.807) is 5.56 Å². The van der Waals surface area contributed by atoms with Crippen molar-refractivity contribution in [2.24, 2.45) is 22.7 Å². The molecule has 47 heavy (non-hydrogen) atoms. The van der Waals surface area contributed by atoms with Crippen LogP contribution in [0.3, 0.4) is 0 Å². The Bertz CT molecular complexity index is 2070. The minimum absolute atomic E-state index is 0.294. The van der Waals surface area contributed by atoms with Crippen molar-refractivity contribution in [1.82, 2.24) is 0 Å². The van der Waals surface area contributed by atoms with E-state index in [2.05, 4.69) is 150 Å². The molecule has 2 atom stereocenters. The molecule has 6 aromatic carbocycles. The molecular formula is C47H50. The Balaban J connectivity index is 1.13. The van der Waals surface area contributed by atoms with Crippen LogP contribution in [0.4, 0.5) is 0 Å². The van der Waals surface area contributed by atoms with Gasteiger partial charge in [0.2, 0.25) is 0 Å². The molecule has 0 heteroatoms. The lowest BCUT2D eigenvalue weighted by molar-refractivity contribution is -0.0208. The molecule has 2 aliphatic rings. The van der Waals surface area contributed by atoms with E-state index in [1.165, 1.54) is 99.5 Å². The predicted octanol–water partition coefficient (Wildman–Crippen LogP) is 13.8. The van der Waals surface area contributed by atoms with Crippen LogP contribution >= 0.6 is 0 Å². The lowest BCUT2D eigenvalue weighted by atomic mass is 9.50. The highest BCUT2D eigenvalue weighted by Crippen LogP contribution is 2.58. The molecule has 6 aromatic rings. The summed E-state index contributed by atoms with van der Waals surface area (Å²) in [5, 5.41) is 7.96. The van der Waals surface area contributed by atoms with Crippen LogP contribution in [0.25, 0.3) is 54.6 Å². The molecule has 0 aliphatic heterocycles. The van der Waals surface area contributed by atoms with Crippen LogP contribution in [0.1, 0.15) is 85.1 Å². The van der Waals surface area contributed by atoms with E-state index in [0.717, 1.165) is 11.8 Å². The molecule has 0 saturated heterocycles. The predicted molar refractivity (Wildman–Crippen MR) is 204 cm³/mol. The van der Waals surface area contributed by atoms with Crippen molar-refractivity contribution >= 4 is 32.3 Å². The third-order valence-corrected chi connectivity index (χ3v) is 13.7. The Kier molecular flexibility index (Phi) is 7.36. The number of hydrogen-bond donors (Lipinski definition) is 0. The van der Waals surface area contributed by atoms with Gasteiger partial charge in [-0.3, -0.25) is 0 Å². The van der Waals surface area contributed by atoms with Crippen molar-refractivity contribution < 1.29 is 0 Å². The van der Waals surface area contributed by atoms with E-state index in [-0.39, 0.29) is 0 Å². The summed E-state index contributed by atoms with van der Waals surface area (Å²) < 4.78 is 0. The average molecular weight is 615 g/mol. The van der Waals surface area contributed by atoms with E-state index >= 15 is 0 Å². The summed E-state index contributed by atoms with van der Waals surface area (Å²) in [5.74, 6) is 1.62. The first-order valence-electron chi connectivity index (χ1n) is 18.2. The maximum Gasteiger partial charge on any atom is -0.00208 e. The summed E-state index contributed by atoms with van der Waals surface area (Å²) in [6, 6.07) is 43.6. The molecule has 0 nitrogen and oxygen atoms in total. The molecule has 2 fully saturated rings. The van der Waals surface area contributed by atoms with Crippen molar-refractivity contribution in [3.05, 3.63) is 121 Å². The van der Waals surface area contributed by atoms with Gasteiger partial charge in [0, 0.05) is 0 Å². The van der Waals surface area contributed by atoms with E-state index in [4.69, 9.17) is 0 Å². The summed E-state index contributed by atoms with van der Waals surface area (Å²) in [7, 11) is 0. The van der Waals surface area contributed by atoms with Crippen LogP contribution in [0.15, 0.2) is 115 Å². The topological polar surface area (TPSA) is 0 Å². The van der Waals surface area contributed by atoms with Crippen LogP contribution < -0.4 is 0 Å². The van der Waals surface area contributed by atoms with Crippen LogP contribution in [-0.2, 0) is 5.41 Å². The molecule has 0 N–H and O–H groups in total. The molecule has 0 aromatic heterocycles. The Morgan fingerprint density at radius 2 is 1.09 bits per heavy atom. The first-order chi connectivity index (χ1) is 22.7. The van der Waals surface area contributed by atoms with Gasteiger partial charge in [0.1, 0.15) is 0 Å². The van der Waals surface area contributed by atoms with E-state index in [1.807, 2.05) is 0 Å². The summed E-state index contributed by atoms with van der Waals surface area (Å²) in [6.07, 6.45) is 9.52. The number of hydrogen-bond acceptors (Lipinski definition) is 0. The zero-order valence-corrected chi connectivity index (χ0v) is 29.1. The molecule has 8 rings (SSSR count). The zero-order chi connectivity index (χ0) is 32.4. The largest absolute Gasteiger partial charge is 0.0617 e. The zero-order valence-electron chi connectivity index (χ0n) is 29.1. The SMILES string of the molecule is CC1CCC1(CCC(C)(C)C(C)(C)C1CCC1)c1cccc(-c2cccc(-c3ccc4c5ccccc5c5ccccc5c4c3)c2)c1. The van der Waals surface area contributed by atoms with Crippen LogP contribution in [-0.4, -0.2) is 0 Å². The molecule has 2 saturated carbocycles. The third kappa shape index (κ3) is 4.94. The highest BCUT2D eigenvalue weighted by Gasteiger charge is 2.49. The van der Waals surface area contributed by atoms with E-state index < -0.39 is 0 Å². The monoisotopic (exact) mass is 614 g/mol. The van der Waals surface area contributed by atoms with Gasteiger partial charge >= 0.3 is 0 Å².